The minimum absolute atomic E-state index is 0.166. The quantitative estimate of drug-likeness (QED) is 0.581. The van der Waals surface area contributed by atoms with E-state index in [-0.39, 0.29) is 11.4 Å². The fourth-order valence-electron chi connectivity index (χ4n) is 2.25. The van der Waals surface area contributed by atoms with Gasteiger partial charge in [-0.2, -0.15) is 0 Å². The van der Waals surface area contributed by atoms with E-state index in [1.807, 2.05) is 0 Å². The second-order valence-electron chi connectivity index (χ2n) is 4.33. The highest BCUT2D eigenvalue weighted by Crippen LogP contribution is 2.42. The van der Waals surface area contributed by atoms with Gasteiger partial charge in [-0.05, 0) is 18.2 Å². The van der Waals surface area contributed by atoms with Gasteiger partial charge in [0.1, 0.15) is 17.1 Å². The summed E-state index contributed by atoms with van der Waals surface area (Å²) in [5.74, 6) is 0.854. The zero-order valence-corrected chi connectivity index (χ0v) is 8.23. The van der Waals surface area contributed by atoms with Gasteiger partial charge in [0.05, 0.1) is 6.10 Å². The molecule has 0 amide bonds. The summed E-state index contributed by atoms with van der Waals surface area (Å²) in [6, 6.07) is 4.86. The van der Waals surface area contributed by atoms with Crippen LogP contribution in [0.4, 0.5) is 0 Å². The van der Waals surface area contributed by atoms with Gasteiger partial charge in [-0.3, -0.25) is 0 Å². The first-order chi connectivity index (χ1) is 7.19. The smallest absolute Gasteiger partial charge is 0.136 e. The molecular weight excluding hydrogens is 194 g/mol. The monoisotopic (exact) mass is 207 g/mol. The Hall–Kier alpha value is -1.26. The standard InChI is InChI=1S/C11H13NO3/c13-7-1-2-10-8(3-7)9(14)4-11(15-10)5-12-6-11/h1-3,9,12-14H,4-6H2. The molecule has 0 bridgehead atoms. The molecule has 0 saturated carbocycles. The SMILES string of the molecule is Oc1ccc2c(c1)C(O)CC1(CNC1)O2. The zero-order valence-electron chi connectivity index (χ0n) is 8.23. The maximum Gasteiger partial charge on any atom is 0.136 e. The van der Waals surface area contributed by atoms with Crippen LogP contribution in [0, 0.1) is 0 Å². The van der Waals surface area contributed by atoms with Crippen molar-refractivity contribution >= 4 is 0 Å². The van der Waals surface area contributed by atoms with Crippen LogP contribution in [-0.2, 0) is 0 Å². The molecule has 2 heterocycles. The first-order valence-corrected chi connectivity index (χ1v) is 5.09. The number of aliphatic hydroxyl groups is 1. The lowest BCUT2D eigenvalue weighted by Gasteiger charge is -2.47. The lowest BCUT2D eigenvalue weighted by atomic mass is 9.84. The van der Waals surface area contributed by atoms with Crippen molar-refractivity contribution in [3.05, 3.63) is 23.8 Å². The Kier molecular flexibility index (Phi) is 1.72. The van der Waals surface area contributed by atoms with Crippen LogP contribution in [0.3, 0.4) is 0 Å². The first-order valence-electron chi connectivity index (χ1n) is 5.09. The third kappa shape index (κ3) is 1.29. The Morgan fingerprint density at radius 2 is 2.20 bits per heavy atom. The maximum atomic E-state index is 9.97. The third-order valence-electron chi connectivity index (χ3n) is 3.14. The summed E-state index contributed by atoms with van der Waals surface area (Å²) in [6.45, 7) is 1.56. The van der Waals surface area contributed by atoms with Crippen LogP contribution < -0.4 is 10.1 Å². The molecule has 1 aromatic carbocycles. The molecule has 0 aliphatic carbocycles. The summed E-state index contributed by atoms with van der Waals surface area (Å²) in [5.41, 5.74) is 0.455. The predicted octanol–water partition coefficient (Wildman–Crippen LogP) is 0.550. The number of aromatic hydroxyl groups is 1. The van der Waals surface area contributed by atoms with Crippen molar-refractivity contribution in [3.8, 4) is 11.5 Å². The van der Waals surface area contributed by atoms with E-state index in [9.17, 15) is 10.2 Å². The predicted molar refractivity (Wildman–Crippen MR) is 53.9 cm³/mol. The van der Waals surface area contributed by atoms with E-state index in [0.717, 1.165) is 13.1 Å². The van der Waals surface area contributed by atoms with Crippen LogP contribution in [-0.4, -0.2) is 28.9 Å². The van der Waals surface area contributed by atoms with Crippen LogP contribution in [0.25, 0.3) is 0 Å². The van der Waals surface area contributed by atoms with E-state index >= 15 is 0 Å². The van der Waals surface area contributed by atoms with E-state index in [2.05, 4.69) is 5.32 Å². The Balaban J connectivity index is 2.01. The fraction of sp³-hybridized carbons (Fsp3) is 0.455. The van der Waals surface area contributed by atoms with Crippen molar-refractivity contribution in [1.82, 2.24) is 5.32 Å². The number of fused-ring (bicyclic) bond motifs is 1. The van der Waals surface area contributed by atoms with Gasteiger partial charge in [-0.1, -0.05) is 0 Å². The minimum Gasteiger partial charge on any atom is -0.508 e. The highest BCUT2D eigenvalue weighted by atomic mass is 16.5. The minimum atomic E-state index is -0.539. The normalized spacial score (nSPS) is 26.6. The molecule has 80 valence electrons. The maximum absolute atomic E-state index is 9.97. The summed E-state index contributed by atoms with van der Waals surface area (Å²) < 4.78 is 5.85. The van der Waals surface area contributed by atoms with Crippen molar-refractivity contribution in [1.29, 1.82) is 0 Å². The first kappa shape index (κ1) is 9.00. The number of nitrogens with one attached hydrogen (secondary N) is 1. The number of ether oxygens (including phenoxy) is 1. The summed E-state index contributed by atoms with van der Waals surface area (Å²) in [7, 11) is 0. The molecule has 4 heteroatoms. The number of hydrogen-bond acceptors (Lipinski definition) is 4. The van der Waals surface area contributed by atoms with E-state index in [0.29, 0.717) is 17.7 Å². The number of rotatable bonds is 0. The Morgan fingerprint density at radius 3 is 2.87 bits per heavy atom. The van der Waals surface area contributed by atoms with E-state index < -0.39 is 6.10 Å². The summed E-state index contributed by atoms with van der Waals surface area (Å²) in [5, 5.41) is 22.4. The summed E-state index contributed by atoms with van der Waals surface area (Å²) in [4.78, 5) is 0. The summed E-state index contributed by atoms with van der Waals surface area (Å²) >= 11 is 0. The molecule has 1 saturated heterocycles. The molecule has 0 aromatic heterocycles. The van der Waals surface area contributed by atoms with Crippen molar-refractivity contribution in [2.45, 2.75) is 18.1 Å². The Morgan fingerprint density at radius 1 is 1.40 bits per heavy atom. The number of benzene rings is 1. The van der Waals surface area contributed by atoms with E-state index in [1.165, 1.54) is 0 Å². The molecular formula is C11H13NO3. The van der Waals surface area contributed by atoms with E-state index in [4.69, 9.17) is 4.74 Å². The summed E-state index contributed by atoms with van der Waals surface area (Å²) in [6.07, 6.45) is 0.0548. The average molecular weight is 207 g/mol. The number of phenolic OH excluding ortho intramolecular Hbond substituents is 1. The van der Waals surface area contributed by atoms with Crippen molar-refractivity contribution in [2.75, 3.05) is 13.1 Å². The van der Waals surface area contributed by atoms with Gasteiger partial charge in [0, 0.05) is 25.1 Å². The van der Waals surface area contributed by atoms with E-state index in [1.54, 1.807) is 18.2 Å². The highest BCUT2D eigenvalue weighted by Gasteiger charge is 2.45. The van der Waals surface area contributed by atoms with Crippen molar-refractivity contribution in [3.63, 3.8) is 0 Å². The Labute approximate surface area is 87.5 Å². The average Bonchev–Trinajstić information content (AvgIpc) is 2.16. The molecule has 0 radical (unpaired) electrons. The molecule has 3 N–H and O–H groups in total. The molecule has 3 rings (SSSR count). The molecule has 1 unspecified atom stereocenters. The van der Waals surface area contributed by atoms with Crippen molar-refractivity contribution < 1.29 is 14.9 Å². The highest BCUT2D eigenvalue weighted by molar-refractivity contribution is 5.43. The third-order valence-corrected chi connectivity index (χ3v) is 3.14. The molecule has 1 aromatic rings. The van der Waals surface area contributed by atoms with Gasteiger partial charge < -0.3 is 20.3 Å². The van der Waals surface area contributed by atoms with Crippen LogP contribution >= 0.6 is 0 Å². The van der Waals surface area contributed by atoms with Gasteiger partial charge in [0.15, 0.2) is 0 Å². The molecule has 1 fully saturated rings. The van der Waals surface area contributed by atoms with Gasteiger partial charge in [-0.25, -0.2) is 0 Å². The van der Waals surface area contributed by atoms with Crippen LogP contribution in [0.5, 0.6) is 11.5 Å². The molecule has 1 spiro atoms. The topological polar surface area (TPSA) is 61.7 Å². The molecule has 2 aliphatic rings. The van der Waals surface area contributed by atoms with Gasteiger partial charge in [-0.15, -0.1) is 0 Å². The van der Waals surface area contributed by atoms with Crippen molar-refractivity contribution in [2.24, 2.45) is 0 Å². The zero-order chi connectivity index (χ0) is 10.5. The second kappa shape index (κ2) is 2.87. The lowest BCUT2D eigenvalue weighted by molar-refractivity contribution is -0.0483. The van der Waals surface area contributed by atoms with Gasteiger partial charge in [0.25, 0.3) is 0 Å². The molecule has 4 nitrogen and oxygen atoms in total. The van der Waals surface area contributed by atoms with Gasteiger partial charge >= 0.3 is 0 Å². The number of aliphatic hydroxyl groups excluding tert-OH is 1. The Bertz CT molecular complexity index is 401. The molecule has 2 aliphatic heterocycles. The van der Waals surface area contributed by atoms with Gasteiger partial charge in [0.2, 0.25) is 0 Å². The fourth-order valence-corrected chi connectivity index (χ4v) is 2.25. The van der Waals surface area contributed by atoms with Crippen LogP contribution in [0.1, 0.15) is 18.1 Å². The lowest BCUT2D eigenvalue weighted by Crippen LogP contribution is -2.64. The van der Waals surface area contributed by atoms with Crippen LogP contribution in [0.2, 0.25) is 0 Å². The largest absolute Gasteiger partial charge is 0.508 e. The molecule has 15 heavy (non-hydrogen) atoms. The number of phenols is 1. The number of hydrogen-bond donors (Lipinski definition) is 3. The second-order valence-corrected chi connectivity index (χ2v) is 4.33. The van der Waals surface area contributed by atoms with Crippen LogP contribution in [0.15, 0.2) is 18.2 Å². The molecule has 1 atom stereocenters.